The molecular weight excluding hydrogens is 1120 g/mol. The second-order valence-electron chi connectivity index (χ2n) is 24.0. The predicted molar refractivity (Wildman–Crippen MR) is 388 cm³/mol. The van der Waals surface area contributed by atoms with Gasteiger partial charge in [-0.2, -0.15) is 0 Å². The third kappa shape index (κ3) is 16.0. The Bertz CT molecular complexity index is 4120. The Hall–Kier alpha value is -9.68. The van der Waals surface area contributed by atoms with Crippen molar-refractivity contribution in [3.8, 4) is 11.3 Å². The van der Waals surface area contributed by atoms with Gasteiger partial charge >= 0.3 is 0 Å². The molecule has 6 heterocycles. The van der Waals surface area contributed by atoms with E-state index in [9.17, 15) is 0 Å². The van der Waals surface area contributed by atoms with E-state index in [0.29, 0.717) is 30.2 Å². The molecular formula is C79H90N12. The van der Waals surface area contributed by atoms with Crippen molar-refractivity contribution in [2.45, 2.75) is 149 Å². The first-order chi connectivity index (χ1) is 43.4. The third-order valence-corrected chi connectivity index (χ3v) is 17.6. The summed E-state index contributed by atoms with van der Waals surface area (Å²) >= 11 is 0. The predicted octanol–water partition coefficient (Wildman–Crippen LogP) is 19.9. The van der Waals surface area contributed by atoms with E-state index in [1.54, 1.807) is 0 Å². The minimum atomic E-state index is 0. The Morgan fingerprint density at radius 3 is 0.890 bits per heavy atom. The fourth-order valence-corrected chi connectivity index (χ4v) is 13.2. The van der Waals surface area contributed by atoms with Gasteiger partial charge in [0.15, 0.2) is 0 Å². The Labute approximate surface area is 538 Å². The molecule has 3 aliphatic carbocycles. The van der Waals surface area contributed by atoms with E-state index in [-0.39, 0.29) is 28.3 Å². The zero-order valence-electron chi connectivity index (χ0n) is 50.4. The molecule has 12 nitrogen and oxygen atoms in total. The van der Waals surface area contributed by atoms with E-state index in [4.69, 9.17) is 19.9 Å². The molecule has 6 N–H and O–H groups in total. The van der Waals surface area contributed by atoms with Crippen LogP contribution in [0.25, 0.3) is 65.5 Å². The van der Waals surface area contributed by atoms with Gasteiger partial charge in [0.2, 0.25) is 0 Å². The number of nitrogens with zero attached hydrogens (tertiary/aromatic N) is 6. The van der Waals surface area contributed by atoms with Crippen molar-refractivity contribution in [1.82, 2.24) is 29.9 Å². The van der Waals surface area contributed by atoms with Gasteiger partial charge in [-0.3, -0.25) is 0 Å². The molecule has 0 aliphatic heterocycles. The van der Waals surface area contributed by atoms with Gasteiger partial charge < -0.3 is 31.9 Å². The maximum absolute atomic E-state index is 5.17. The van der Waals surface area contributed by atoms with E-state index in [2.05, 4.69) is 218 Å². The number of benzene rings is 6. The summed E-state index contributed by atoms with van der Waals surface area (Å²) in [7, 11) is 0. The zero-order valence-corrected chi connectivity index (χ0v) is 50.4. The monoisotopic (exact) mass is 1210 g/mol. The minimum absolute atomic E-state index is 0. The van der Waals surface area contributed by atoms with Crippen molar-refractivity contribution in [3.05, 3.63) is 230 Å². The first kappa shape index (κ1) is 64.3. The topological polar surface area (TPSA) is 150 Å². The quantitative estimate of drug-likeness (QED) is 0.0610. The normalized spacial score (nSPS) is 18.5. The van der Waals surface area contributed by atoms with Crippen molar-refractivity contribution in [1.29, 1.82) is 0 Å². The number of aryl methyl sites for hydroxylation is 2. The molecule has 0 radical (unpaired) electrons. The lowest BCUT2D eigenvalue weighted by Gasteiger charge is -2.33. The number of para-hydroxylation sites is 3. The van der Waals surface area contributed by atoms with Crippen LogP contribution in [-0.2, 0) is 0 Å². The molecule has 0 bridgehead atoms. The zero-order chi connectivity index (χ0) is 59.4. The highest BCUT2D eigenvalue weighted by molar-refractivity contribution is 6.12. The molecule has 6 aromatic carbocycles. The van der Waals surface area contributed by atoms with Gasteiger partial charge in [0.1, 0.15) is 34.9 Å². The number of hydrogen-bond donors (Lipinski definition) is 6. The highest BCUT2D eigenvalue weighted by Crippen LogP contribution is 2.37. The van der Waals surface area contributed by atoms with Crippen LogP contribution in [0.4, 0.5) is 34.9 Å². The van der Waals surface area contributed by atoms with Crippen LogP contribution in [0.15, 0.2) is 218 Å². The minimum Gasteiger partial charge on any atom is -0.365 e. The maximum Gasteiger partial charge on any atom is 0.126 e. The second-order valence-corrected chi connectivity index (χ2v) is 24.0. The first-order valence-corrected chi connectivity index (χ1v) is 31.8. The fraction of sp³-hybridized carbons (Fsp3) is 0.291. The van der Waals surface area contributed by atoms with Crippen LogP contribution < -0.4 is 31.9 Å². The van der Waals surface area contributed by atoms with Crippen LogP contribution in [0.2, 0.25) is 0 Å². The van der Waals surface area contributed by atoms with Crippen molar-refractivity contribution < 1.29 is 0 Å². The summed E-state index contributed by atoms with van der Waals surface area (Å²) in [5.74, 6) is 5.69. The molecule has 0 saturated heterocycles. The van der Waals surface area contributed by atoms with Crippen molar-refractivity contribution in [3.63, 3.8) is 0 Å². The SMILES string of the molecule is C.C.C.Cc1cccc(N[C@@H]2CCCC[C@H]2Nc2cccc(C)n2)n1.c1cc(N[C@@H]2CCCC[C@H]2Nc2ccc3ccccc3n2)nc(-c2c3ccccc3cc3ccccc23)c1.c1ccc2nc(N[C@@H]3CCCC[C@H]3Nc3ccc4ccccc4n3)ccc2c1. The molecule has 0 amide bonds. The molecule has 6 atom stereocenters. The smallest absolute Gasteiger partial charge is 0.126 e. The Kier molecular flexibility index (Phi) is 21.7. The highest BCUT2D eigenvalue weighted by Gasteiger charge is 2.29. The first-order valence-electron chi connectivity index (χ1n) is 31.8. The van der Waals surface area contributed by atoms with Crippen LogP contribution in [0.1, 0.15) is 111 Å². The molecule has 6 aromatic heterocycles. The number of fused-ring (bicyclic) bond motifs is 5. The van der Waals surface area contributed by atoms with E-state index in [1.807, 2.05) is 56.3 Å². The molecule has 12 heteroatoms. The Morgan fingerprint density at radius 2 is 0.549 bits per heavy atom. The van der Waals surface area contributed by atoms with Gasteiger partial charge in [0.05, 0.1) is 22.2 Å². The van der Waals surface area contributed by atoms with Gasteiger partial charge in [0.25, 0.3) is 0 Å². The third-order valence-electron chi connectivity index (χ3n) is 17.6. The van der Waals surface area contributed by atoms with Gasteiger partial charge in [-0.15, -0.1) is 0 Å². The lowest BCUT2D eigenvalue weighted by molar-refractivity contribution is 0.422. The standard InChI is InChI=1S/C34H30N4.C24H24N4.C18H24N4.3CH4/c1-4-13-26-24(11-1)22-25-12-2-5-14-27(25)34(26)31-18-9-19-32(38-31)36-29-16-7-8-17-30(29)37-33-21-20-23-10-3-6-15-28(23)35-33;1-3-9-19-17(7-1)13-15-23(25-19)27-21-11-5-6-12-22(21)28-24-16-14-18-8-2-4-10-20(18)26-24;1-13-7-5-11-17(19-13)21-15-9-3-4-10-16(15)22-18-12-6-8-14(2)20-18;;;/h1-6,9-15,18-22,29-30H,7-8,16-17H2,(H,35,37)(H,36,38);1-4,7-10,13-16,21-22H,5-6,11-12H2,(H,25,27)(H,26,28);5-8,11-12,15-16H,3-4,9-10H2,1-2H3,(H,19,21)(H,20,22);3*1H4/t29-,30-;21-,22-;15-,16-;;;/m111.../s1. The number of anilines is 6. The Balaban J connectivity index is 0.000000153. The summed E-state index contributed by atoms with van der Waals surface area (Å²) in [6, 6.07) is 77.6. The molecule has 3 saturated carbocycles. The largest absolute Gasteiger partial charge is 0.365 e. The van der Waals surface area contributed by atoms with Gasteiger partial charge in [-0.1, -0.05) is 182 Å². The molecule has 0 unspecified atom stereocenters. The van der Waals surface area contributed by atoms with Gasteiger partial charge in [-0.05, 0) is 171 Å². The Morgan fingerprint density at radius 1 is 0.264 bits per heavy atom. The number of aromatic nitrogens is 6. The fourth-order valence-electron chi connectivity index (χ4n) is 13.2. The molecule has 0 spiro atoms. The van der Waals surface area contributed by atoms with E-state index in [0.717, 1.165) is 94.2 Å². The number of nitrogens with one attached hydrogen (secondary N) is 6. The average molecular weight is 1210 g/mol. The summed E-state index contributed by atoms with van der Waals surface area (Å²) in [5, 5.41) is 30.5. The lowest BCUT2D eigenvalue weighted by Crippen LogP contribution is -2.42. The molecule has 15 rings (SSSR count). The van der Waals surface area contributed by atoms with Crippen molar-refractivity contribution in [2.75, 3.05) is 31.9 Å². The average Bonchev–Trinajstić information content (AvgIpc) is 0.815. The summed E-state index contributed by atoms with van der Waals surface area (Å²) in [6.45, 7) is 4.05. The summed E-state index contributed by atoms with van der Waals surface area (Å²) in [6.07, 6.45) is 14.3. The number of rotatable bonds is 13. The van der Waals surface area contributed by atoms with Crippen LogP contribution in [0.5, 0.6) is 0 Å². The van der Waals surface area contributed by atoms with Crippen LogP contribution in [0, 0.1) is 13.8 Å². The van der Waals surface area contributed by atoms with Crippen LogP contribution >= 0.6 is 0 Å². The van der Waals surface area contributed by atoms with E-state index >= 15 is 0 Å². The van der Waals surface area contributed by atoms with Crippen molar-refractivity contribution in [2.24, 2.45) is 0 Å². The number of pyridine rings is 6. The summed E-state index contributed by atoms with van der Waals surface area (Å²) in [4.78, 5) is 28.8. The second kappa shape index (κ2) is 30.7. The highest BCUT2D eigenvalue weighted by atomic mass is 15.1. The van der Waals surface area contributed by atoms with Crippen LogP contribution in [-0.4, -0.2) is 66.2 Å². The van der Waals surface area contributed by atoms with Crippen molar-refractivity contribution >= 4 is 89.2 Å². The molecule has 91 heavy (non-hydrogen) atoms. The van der Waals surface area contributed by atoms with E-state index in [1.165, 1.54) is 94.6 Å². The number of hydrogen-bond acceptors (Lipinski definition) is 12. The maximum atomic E-state index is 5.17. The van der Waals surface area contributed by atoms with Crippen LogP contribution in [0.3, 0.4) is 0 Å². The molecule has 3 aliphatic rings. The van der Waals surface area contributed by atoms with Gasteiger partial charge in [-0.25, -0.2) is 29.9 Å². The summed E-state index contributed by atoms with van der Waals surface area (Å²) in [5.41, 5.74) is 7.37. The van der Waals surface area contributed by atoms with Gasteiger partial charge in [0, 0.05) is 69.4 Å². The molecule has 466 valence electrons. The molecule has 12 aromatic rings. The molecule has 3 fully saturated rings. The summed E-state index contributed by atoms with van der Waals surface area (Å²) < 4.78 is 0. The van der Waals surface area contributed by atoms with E-state index < -0.39 is 0 Å². The lowest BCUT2D eigenvalue weighted by atomic mass is 9.90.